The number of hydrogen-bond donors (Lipinski definition) is 0. The molecule has 0 atom stereocenters. The van der Waals surface area contributed by atoms with Crippen LogP contribution >= 0.6 is 11.6 Å². The Hall–Kier alpha value is -2.45. The van der Waals surface area contributed by atoms with E-state index in [0.717, 1.165) is 29.8 Å². The quantitative estimate of drug-likeness (QED) is 0.466. The molecule has 9 heteroatoms. The van der Waals surface area contributed by atoms with Crippen LogP contribution in [0.3, 0.4) is 0 Å². The molecular weight excluding hydrogens is 344 g/mol. The first-order chi connectivity index (χ1) is 10.8. The summed E-state index contributed by atoms with van der Waals surface area (Å²) in [5.74, 6) is 0. The summed E-state index contributed by atoms with van der Waals surface area (Å²) in [4.78, 5) is 9.64. The van der Waals surface area contributed by atoms with Crippen LogP contribution in [-0.2, 0) is 14.4 Å². The maximum atomic E-state index is 11.9. The van der Waals surface area contributed by atoms with E-state index in [0.29, 0.717) is 5.56 Å². The molecule has 0 N–H and O–H groups in total. The summed E-state index contributed by atoms with van der Waals surface area (Å²) in [5.41, 5.74) is 1.28. The zero-order chi connectivity index (χ0) is 17.0. The van der Waals surface area contributed by atoms with Crippen LogP contribution in [0.25, 0.3) is 0 Å². The zero-order valence-electron chi connectivity index (χ0n) is 11.8. The van der Waals surface area contributed by atoms with E-state index in [9.17, 15) is 18.5 Å². The second kappa shape index (κ2) is 6.76. The lowest BCUT2D eigenvalue weighted by molar-refractivity contribution is -0.384. The Morgan fingerprint density at radius 3 is 2.22 bits per heavy atom. The predicted molar refractivity (Wildman–Crippen MR) is 84.9 cm³/mol. The van der Waals surface area contributed by atoms with Crippen molar-refractivity contribution >= 4 is 32.6 Å². The highest BCUT2D eigenvalue weighted by atomic mass is 35.5. The monoisotopic (exact) mass is 354 g/mol. The van der Waals surface area contributed by atoms with Crippen molar-refractivity contribution < 1.29 is 17.6 Å². The summed E-state index contributed by atoms with van der Waals surface area (Å²) in [6.07, 6.45) is 0. The molecule has 0 unspecified atom stereocenters. The Morgan fingerprint density at radius 2 is 1.70 bits per heavy atom. The third-order valence-electron chi connectivity index (χ3n) is 2.84. The molecule has 0 amide bonds. The van der Waals surface area contributed by atoms with E-state index in [2.05, 4.69) is 9.44 Å². The fraction of sp³-hybridized carbons (Fsp3) is 0.0714. The Morgan fingerprint density at radius 1 is 1.13 bits per heavy atom. The molecule has 7 nitrogen and oxygen atoms in total. The number of rotatable bonds is 5. The lowest BCUT2D eigenvalue weighted by Crippen LogP contribution is -2.04. The number of nitro groups is 1. The number of benzene rings is 2. The third-order valence-corrected chi connectivity index (χ3v) is 4.25. The van der Waals surface area contributed by atoms with E-state index in [4.69, 9.17) is 11.6 Å². The molecule has 0 radical (unpaired) electrons. The Bertz CT molecular complexity index is 846. The van der Waals surface area contributed by atoms with Gasteiger partial charge in [0.1, 0.15) is 4.90 Å². The molecule has 0 spiro atoms. The molecule has 0 aliphatic heterocycles. The van der Waals surface area contributed by atoms with Crippen LogP contribution < -0.4 is 0 Å². The Balaban J connectivity index is 2.18. The summed E-state index contributed by atoms with van der Waals surface area (Å²) < 4.78 is 28.4. The summed E-state index contributed by atoms with van der Waals surface area (Å²) >= 11 is 5.89. The second-order valence-electron chi connectivity index (χ2n) is 4.53. The first kappa shape index (κ1) is 16.9. The van der Waals surface area contributed by atoms with Crippen molar-refractivity contribution in [3.63, 3.8) is 0 Å². The van der Waals surface area contributed by atoms with Gasteiger partial charge in [0.2, 0.25) is 0 Å². The fourth-order valence-electron chi connectivity index (χ4n) is 1.60. The smallest absolute Gasteiger partial charge is 0.263 e. The number of nitro benzene ring substituents is 1. The van der Waals surface area contributed by atoms with E-state index < -0.39 is 15.0 Å². The highest BCUT2D eigenvalue weighted by molar-refractivity contribution is 7.86. The molecule has 2 rings (SSSR count). The van der Waals surface area contributed by atoms with E-state index in [1.807, 2.05) is 6.92 Å². The molecule has 120 valence electrons. The average Bonchev–Trinajstić information content (AvgIpc) is 2.53. The molecule has 23 heavy (non-hydrogen) atoms. The normalized spacial score (nSPS) is 12.0. The van der Waals surface area contributed by atoms with Gasteiger partial charge in [0.15, 0.2) is 5.17 Å². The summed E-state index contributed by atoms with van der Waals surface area (Å²) in [6, 6.07) is 11.1. The van der Waals surface area contributed by atoms with E-state index in [-0.39, 0.29) is 15.8 Å². The first-order valence-electron chi connectivity index (χ1n) is 6.28. The SMILES string of the molecule is Cc1ccc(/C(Cl)=N/OS(=O)(=O)c2ccc([N+](=O)[O-])cc2)cc1. The van der Waals surface area contributed by atoms with Gasteiger partial charge in [0.25, 0.3) is 5.69 Å². The lowest BCUT2D eigenvalue weighted by Gasteiger charge is -2.03. The van der Waals surface area contributed by atoms with Gasteiger partial charge in [-0.15, -0.1) is 0 Å². The summed E-state index contributed by atoms with van der Waals surface area (Å²) in [5, 5.41) is 13.8. The van der Waals surface area contributed by atoms with Gasteiger partial charge in [0.05, 0.1) is 4.92 Å². The molecule has 0 aliphatic carbocycles. The first-order valence-corrected chi connectivity index (χ1v) is 8.07. The molecule has 0 fully saturated rings. The molecule has 0 aromatic heterocycles. The van der Waals surface area contributed by atoms with E-state index in [1.54, 1.807) is 24.3 Å². The van der Waals surface area contributed by atoms with Crippen LogP contribution in [0.15, 0.2) is 58.6 Å². The van der Waals surface area contributed by atoms with Crippen LogP contribution in [0.4, 0.5) is 5.69 Å². The van der Waals surface area contributed by atoms with Crippen LogP contribution in [0.5, 0.6) is 0 Å². The van der Waals surface area contributed by atoms with Gasteiger partial charge in [-0.2, -0.15) is 8.42 Å². The molecule has 0 saturated carbocycles. The van der Waals surface area contributed by atoms with Gasteiger partial charge >= 0.3 is 10.1 Å². The van der Waals surface area contributed by atoms with Crippen molar-refractivity contribution in [3.8, 4) is 0 Å². The topological polar surface area (TPSA) is 98.9 Å². The minimum Gasteiger partial charge on any atom is -0.263 e. The molecular formula is C14H11ClN2O5S. The van der Waals surface area contributed by atoms with E-state index in [1.165, 1.54) is 0 Å². The Kier molecular flexibility index (Phi) is 4.97. The summed E-state index contributed by atoms with van der Waals surface area (Å²) in [7, 11) is -4.21. The zero-order valence-corrected chi connectivity index (χ0v) is 13.4. The van der Waals surface area contributed by atoms with Crippen molar-refractivity contribution in [2.45, 2.75) is 11.8 Å². The maximum absolute atomic E-state index is 11.9. The third kappa shape index (κ3) is 4.27. The number of non-ortho nitro benzene ring substituents is 1. The number of nitrogens with zero attached hydrogens (tertiary/aromatic N) is 2. The highest BCUT2D eigenvalue weighted by Gasteiger charge is 2.18. The van der Waals surface area contributed by atoms with Crippen molar-refractivity contribution in [2.24, 2.45) is 5.16 Å². The van der Waals surface area contributed by atoms with Crippen molar-refractivity contribution in [3.05, 3.63) is 69.8 Å². The van der Waals surface area contributed by atoms with Gasteiger partial charge in [-0.25, -0.2) is 0 Å². The molecule has 0 heterocycles. The lowest BCUT2D eigenvalue weighted by atomic mass is 10.2. The average molecular weight is 355 g/mol. The number of oxime groups is 1. The predicted octanol–water partition coefficient (Wildman–Crippen LogP) is 3.21. The van der Waals surface area contributed by atoms with Crippen LogP contribution in [0.2, 0.25) is 0 Å². The fourth-order valence-corrected chi connectivity index (χ4v) is 2.53. The standard InChI is InChI=1S/C14H11ClN2O5S/c1-10-2-4-11(5-3-10)14(15)16-22-23(20,21)13-8-6-12(7-9-13)17(18)19/h2-9H,1H3/b16-14-. The number of aryl methyl sites for hydroxylation is 1. The van der Waals surface area contributed by atoms with Gasteiger partial charge < -0.3 is 0 Å². The van der Waals surface area contributed by atoms with Gasteiger partial charge in [0, 0.05) is 17.7 Å². The Labute approximate surface area is 137 Å². The minimum atomic E-state index is -4.21. The largest absolute Gasteiger partial charge is 0.358 e. The van der Waals surface area contributed by atoms with Crippen molar-refractivity contribution in [1.82, 2.24) is 0 Å². The van der Waals surface area contributed by atoms with Gasteiger partial charge in [-0.05, 0) is 19.1 Å². The van der Waals surface area contributed by atoms with E-state index >= 15 is 0 Å². The number of hydrogen-bond acceptors (Lipinski definition) is 6. The summed E-state index contributed by atoms with van der Waals surface area (Å²) in [6.45, 7) is 1.89. The maximum Gasteiger partial charge on any atom is 0.358 e. The van der Waals surface area contributed by atoms with Crippen molar-refractivity contribution in [2.75, 3.05) is 0 Å². The van der Waals surface area contributed by atoms with Crippen LogP contribution in [0, 0.1) is 17.0 Å². The molecule has 2 aromatic rings. The van der Waals surface area contributed by atoms with Crippen molar-refractivity contribution in [1.29, 1.82) is 0 Å². The highest BCUT2D eigenvalue weighted by Crippen LogP contribution is 2.18. The van der Waals surface area contributed by atoms with Gasteiger partial charge in [-0.3, -0.25) is 14.4 Å². The second-order valence-corrected chi connectivity index (χ2v) is 6.41. The minimum absolute atomic E-state index is 0.129. The van der Waals surface area contributed by atoms with Crippen LogP contribution in [0.1, 0.15) is 11.1 Å². The number of halogens is 1. The molecule has 0 saturated heterocycles. The molecule has 2 aromatic carbocycles. The molecule has 0 bridgehead atoms. The van der Waals surface area contributed by atoms with Gasteiger partial charge in [-0.1, -0.05) is 46.6 Å². The molecule has 0 aliphatic rings. The van der Waals surface area contributed by atoms with Crippen LogP contribution in [-0.4, -0.2) is 18.5 Å².